The summed E-state index contributed by atoms with van der Waals surface area (Å²) < 4.78 is 38.0. The highest BCUT2D eigenvalue weighted by Crippen LogP contribution is 2.28. The summed E-state index contributed by atoms with van der Waals surface area (Å²) in [5, 5.41) is 5.11. The molecular formula is C23H29N3O6S. The highest BCUT2D eigenvalue weighted by molar-refractivity contribution is 7.89. The first-order valence-corrected chi connectivity index (χ1v) is 12.2. The van der Waals surface area contributed by atoms with Crippen molar-refractivity contribution in [2.45, 2.75) is 36.6 Å². The van der Waals surface area contributed by atoms with Crippen LogP contribution >= 0.6 is 0 Å². The van der Waals surface area contributed by atoms with Gasteiger partial charge in [0.1, 0.15) is 11.5 Å². The summed E-state index contributed by atoms with van der Waals surface area (Å²) >= 11 is 0. The second-order valence-electron chi connectivity index (χ2n) is 7.67. The smallest absolute Gasteiger partial charge is 0.313 e. The lowest BCUT2D eigenvalue weighted by Gasteiger charge is -2.34. The van der Waals surface area contributed by atoms with Crippen LogP contribution in [0.3, 0.4) is 0 Å². The van der Waals surface area contributed by atoms with Crippen molar-refractivity contribution >= 4 is 27.5 Å². The lowest BCUT2D eigenvalue weighted by atomic mass is 10.0. The molecule has 1 fully saturated rings. The number of carbonyl (C=O) groups excluding carboxylic acids is 2. The molecule has 0 aromatic heterocycles. The first-order chi connectivity index (χ1) is 15.8. The van der Waals surface area contributed by atoms with E-state index < -0.39 is 21.8 Å². The molecule has 33 heavy (non-hydrogen) atoms. The number of rotatable bonds is 8. The van der Waals surface area contributed by atoms with Crippen LogP contribution in [0.1, 0.15) is 25.7 Å². The number of piperidine rings is 1. The fourth-order valence-corrected chi connectivity index (χ4v) is 5.48. The number of methoxy groups -OCH3 is 2. The van der Waals surface area contributed by atoms with Gasteiger partial charge in [-0.05, 0) is 67.8 Å². The van der Waals surface area contributed by atoms with E-state index in [2.05, 4.69) is 10.6 Å². The third-order valence-corrected chi connectivity index (χ3v) is 7.52. The molecule has 10 heteroatoms. The molecule has 9 nitrogen and oxygen atoms in total. The molecule has 0 spiro atoms. The summed E-state index contributed by atoms with van der Waals surface area (Å²) in [4.78, 5) is 24.5. The average molecular weight is 476 g/mol. The first kappa shape index (κ1) is 24.5. The number of amides is 2. The summed E-state index contributed by atoms with van der Waals surface area (Å²) in [6, 6.07) is 12.7. The van der Waals surface area contributed by atoms with Crippen LogP contribution in [0, 0.1) is 0 Å². The molecule has 1 aliphatic rings. The second-order valence-corrected chi connectivity index (χ2v) is 9.56. The third kappa shape index (κ3) is 6.23. The summed E-state index contributed by atoms with van der Waals surface area (Å²) in [5.74, 6) is -0.337. The largest absolute Gasteiger partial charge is 0.497 e. The lowest BCUT2D eigenvalue weighted by Crippen LogP contribution is -2.45. The normalized spacial score (nSPS) is 16.6. The Hall–Kier alpha value is -3.11. The number of hydrogen-bond acceptors (Lipinski definition) is 6. The van der Waals surface area contributed by atoms with Gasteiger partial charge in [-0.25, -0.2) is 8.42 Å². The minimum Gasteiger partial charge on any atom is -0.497 e. The molecule has 1 atom stereocenters. The van der Waals surface area contributed by atoms with Gasteiger partial charge >= 0.3 is 11.8 Å². The maximum absolute atomic E-state index is 13.2. The Balaban J connectivity index is 1.56. The highest BCUT2D eigenvalue weighted by Gasteiger charge is 2.33. The number of nitrogens with one attached hydrogen (secondary N) is 2. The van der Waals surface area contributed by atoms with E-state index in [1.807, 2.05) is 0 Å². The third-order valence-electron chi connectivity index (χ3n) is 5.56. The SMILES string of the molecule is COc1ccc(NC(=O)C(=O)NCC[C@H]2CCCCN2S(=O)(=O)c2ccc(OC)cc2)cc1. The van der Waals surface area contributed by atoms with E-state index >= 15 is 0 Å². The number of anilines is 1. The van der Waals surface area contributed by atoms with Gasteiger partial charge in [-0.15, -0.1) is 0 Å². The van der Waals surface area contributed by atoms with Gasteiger partial charge in [0, 0.05) is 24.8 Å². The summed E-state index contributed by atoms with van der Waals surface area (Å²) in [6.07, 6.45) is 2.80. The van der Waals surface area contributed by atoms with E-state index in [4.69, 9.17) is 9.47 Å². The molecule has 1 heterocycles. The van der Waals surface area contributed by atoms with E-state index in [1.165, 1.54) is 30.7 Å². The van der Waals surface area contributed by atoms with Crippen LogP contribution in [0.15, 0.2) is 53.4 Å². The predicted octanol–water partition coefficient (Wildman–Crippen LogP) is 2.39. The van der Waals surface area contributed by atoms with Crippen molar-refractivity contribution in [2.24, 2.45) is 0 Å². The Morgan fingerprint density at radius 1 is 0.939 bits per heavy atom. The second kappa shape index (κ2) is 11.2. The maximum atomic E-state index is 13.2. The average Bonchev–Trinajstić information content (AvgIpc) is 2.84. The Kier molecular flexibility index (Phi) is 8.29. The number of sulfonamides is 1. The molecule has 2 amide bonds. The standard InChI is InChI=1S/C23H29N3O6S/c1-31-19-8-6-17(7-9-19)25-23(28)22(27)24-15-14-18-5-3-4-16-26(18)33(29,30)21-12-10-20(32-2)11-13-21/h6-13,18H,3-5,14-16H2,1-2H3,(H,24,27)(H,25,28)/t18-/m1/s1. The van der Waals surface area contributed by atoms with Gasteiger partial charge in [-0.1, -0.05) is 6.42 Å². The van der Waals surface area contributed by atoms with Gasteiger partial charge in [-0.2, -0.15) is 4.31 Å². The van der Waals surface area contributed by atoms with Crippen LogP contribution in [0.25, 0.3) is 0 Å². The minimum atomic E-state index is -3.67. The zero-order valence-electron chi connectivity index (χ0n) is 18.7. The van der Waals surface area contributed by atoms with Crippen LogP contribution in [-0.2, 0) is 19.6 Å². The Bertz CT molecular complexity index is 1050. The molecule has 0 unspecified atom stereocenters. The van der Waals surface area contributed by atoms with E-state index in [0.29, 0.717) is 36.6 Å². The van der Waals surface area contributed by atoms with Gasteiger partial charge < -0.3 is 20.1 Å². The number of ether oxygens (including phenoxy) is 2. The fraction of sp³-hybridized carbons (Fsp3) is 0.391. The topological polar surface area (TPSA) is 114 Å². The van der Waals surface area contributed by atoms with E-state index in [0.717, 1.165) is 12.8 Å². The summed E-state index contributed by atoms with van der Waals surface area (Å²) in [6.45, 7) is 0.610. The zero-order valence-corrected chi connectivity index (χ0v) is 19.6. The molecule has 3 rings (SSSR count). The van der Waals surface area contributed by atoms with Gasteiger partial charge in [0.2, 0.25) is 10.0 Å². The number of carbonyl (C=O) groups is 2. The number of nitrogens with zero attached hydrogens (tertiary/aromatic N) is 1. The molecule has 1 aliphatic heterocycles. The van der Waals surface area contributed by atoms with Crippen LogP contribution in [0.2, 0.25) is 0 Å². The quantitative estimate of drug-likeness (QED) is 0.567. The molecule has 0 saturated carbocycles. The Morgan fingerprint density at radius 3 is 2.15 bits per heavy atom. The monoisotopic (exact) mass is 475 g/mol. The van der Waals surface area contributed by atoms with Crippen molar-refractivity contribution in [1.82, 2.24) is 9.62 Å². The van der Waals surface area contributed by atoms with Crippen molar-refractivity contribution in [3.05, 3.63) is 48.5 Å². The molecule has 2 aromatic rings. The first-order valence-electron chi connectivity index (χ1n) is 10.7. The summed E-state index contributed by atoms with van der Waals surface area (Å²) in [7, 11) is -0.612. The molecule has 1 saturated heterocycles. The zero-order chi connectivity index (χ0) is 23.8. The van der Waals surface area contributed by atoms with Crippen LogP contribution in [0.4, 0.5) is 5.69 Å². The Labute approximate surface area is 194 Å². The van der Waals surface area contributed by atoms with Gasteiger partial charge in [0.05, 0.1) is 19.1 Å². The number of hydrogen-bond donors (Lipinski definition) is 2. The molecule has 0 aliphatic carbocycles. The molecule has 178 valence electrons. The fourth-order valence-electron chi connectivity index (χ4n) is 3.76. The van der Waals surface area contributed by atoms with Crippen LogP contribution in [0.5, 0.6) is 11.5 Å². The van der Waals surface area contributed by atoms with E-state index in [1.54, 1.807) is 36.4 Å². The van der Waals surface area contributed by atoms with Crippen LogP contribution < -0.4 is 20.1 Å². The van der Waals surface area contributed by atoms with Crippen molar-refractivity contribution in [3.8, 4) is 11.5 Å². The highest BCUT2D eigenvalue weighted by atomic mass is 32.2. The maximum Gasteiger partial charge on any atom is 0.313 e. The predicted molar refractivity (Wildman–Crippen MR) is 124 cm³/mol. The van der Waals surface area contributed by atoms with Crippen molar-refractivity contribution in [3.63, 3.8) is 0 Å². The molecule has 0 bridgehead atoms. The molecular weight excluding hydrogens is 446 g/mol. The minimum absolute atomic E-state index is 0.189. The molecule has 0 radical (unpaired) electrons. The van der Waals surface area contributed by atoms with E-state index in [-0.39, 0.29) is 17.5 Å². The Morgan fingerprint density at radius 2 is 1.55 bits per heavy atom. The van der Waals surface area contributed by atoms with Crippen molar-refractivity contribution < 1.29 is 27.5 Å². The lowest BCUT2D eigenvalue weighted by molar-refractivity contribution is -0.136. The van der Waals surface area contributed by atoms with Crippen LogP contribution in [-0.4, -0.2) is 57.9 Å². The van der Waals surface area contributed by atoms with E-state index in [9.17, 15) is 18.0 Å². The van der Waals surface area contributed by atoms with Gasteiger partial charge in [0.25, 0.3) is 0 Å². The van der Waals surface area contributed by atoms with Gasteiger partial charge in [-0.3, -0.25) is 9.59 Å². The molecule has 2 N–H and O–H groups in total. The number of benzene rings is 2. The van der Waals surface area contributed by atoms with Crippen molar-refractivity contribution in [1.29, 1.82) is 0 Å². The van der Waals surface area contributed by atoms with Gasteiger partial charge in [0.15, 0.2) is 0 Å². The molecule has 2 aromatic carbocycles. The van der Waals surface area contributed by atoms with Crippen molar-refractivity contribution in [2.75, 3.05) is 32.6 Å². The summed E-state index contributed by atoms with van der Waals surface area (Å²) in [5.41, 5.74) is 0.472.